The van der Waals surface area contributed by atoms with E-state index < -0.39 is 0 Å². The Labute approximate surface area is 152 Å². The third-order valence-electron chi connectivity index (χ3n) is 4.09. The summed E-state index contributed by atoms with van der Waals surface area (Å²) in [7, 11) is 3.25. The van der Waals surface area contributed by atoms with Crippen molar-refractivity contribution in [3.8, 4) is 5.75 Å². The van der Waals surface area contributed by atoms with Gasteiger partial charge in [-0.15, -0.1) is 0 Å². The van der Waals surface area contributed by atoms with E-state index in [1.807, 2.05) is 13.8 Å². The number of nitrogens with zero attached hydrogens (tertiary/aromatic N) is 2. The maximum atomic E-state index is 12.5. The Morgan fingerprint density at radius 3 is 2.58 bits per heavy atom. The number of aryl methyl sites for hydroxylation is 2. The van der Waals surface area contributed by atoms with E-state index in [1.54, 1.807) is 30.1 Å². The highest BCUT2D eigenvalue weighted by molar-refractivity contribution is 5.94. The Morgan fingerprint density at radius 2 is 2.00 bits per heavy atom. The van der Waals surface area contributed by atoms with Crippen molar-refractivity contribution in [3.05, 3.63) is 35.2 Å². The Morgan fingerprint density at radius 1 is 1.27 bits per heavy atom. The molecule has 1 heterocycles. The van der Waals surface area contributed by atoms with Gasteiger partial charge in [-0.3, -0.25) is 9.89 Å². The number of aromatic amines is 1. The lowest BCUT2D eigenvalue weighted by molar-refractivity contribution is -0.114. The van der Waals surface area contributed by atoms with Gasteiger partial charge < -0.3 is 20.3 Å². The summed E-state index contributed by atoms with van der Waals surface area (Å²) in [6, 6.07) is 4.81. The molecule has 1 aromatic heterocycles. The Hall–Kier alpha value is -3.03. The van der Waals surface area contributed by atoms with Crippen molar-refractivity contribution in [2.45, 2.75) is 27.2 Å². The minimum Gasteiger partial charge on any atom is -0.495 e. The van der Waals surface area contributed by atoms with Gasteiger partial charge in [-0.05, 0) is 44.0 Å². The van der Waals surface area contributed by atoms with E-state index in [4.69, 9.17) is 4.74 Å². The maximum Gasteiger partial charge on any atom is 0.321 e. The predicted molar refractivity (Wildman–Crippen MR) is 101 cm³/mol. The smallest absolute Gasteiger partial charge is 0.321 e. The number of carbonyl (C=O) groups is 2. The molecule has 1 aromatic carbocycles. The van der Waals surface area contributed by atoms with Crippen molar-refractivity contribution in [3.63, 3.8) is 0 Å². The molecular weight excluding hydrogens is 334 g/mol. The number of amides is 3. The van der Waals surface area contributed by atoms with Crippen LogP contribution < -0.4 is 15.4 Å². The van der Waals surface area contributed by atoms with Crippen LogP contribution in [0.15, 0.2) is 18.2 Å². The Balaban J connectivity index is 2.04. The van der Waals surface area contributed by atoms with Crippen LogP contribution in [0.1, 0.15) is 23.9 Å². The van der Waals surface area contributed by atoms with Crippen LogP contribution in [0.5, 0.6) is 5.75 Å². The van der Waals surface area contributed by atoms with Crippen LogP contribution in [0, 0.1) is 13.8 Å². The highest BCUT2D eigenvalue weighted by Gasteiger charge is 2.14. The number of urea groups is 1. The summed E-state index contributed by atoms with van der Waals surface area (Å²) in [6.45, 7) is 5.88. The molecule has 2 rings (SSSR count). The van der Waals surface area contributed by atoms with Crippen LogP contribution in [-0.2, 0) is 11.2 Å². The zero-order chi connectivity index (χ0) is 19.3. The molecule has 0 aliphatic heterocycles. The SMILES string of the molecule is COc1ccc(NC(C)=O)cc1NC(=O)N(C)CCc1c(C)n[nH]c1C. The van der Waals surface area contributed by atoms with Crippen LogP contribution in [0.3, 0.4) is 0 Å². The highest BCUT2D eigenvalue weighted by atomic mass is 16.5. The number of rotatable bonds is 6. The monoisotopic (exact) mass is 359 g/mol. The number of ether oxygens (including phenoxy) is 1. The quantitative estimate of drug-likeness (QED) is 0.738. The molecule has 0 aliphatic rings. The van der Waals surface area contributed by atoms with Crippen molar-refractivity contribution >= 4 is 23.3 Å². The van der Waals surface area contributed by atoms with Gasteiger partial charge in [0.05, 0.1) is 18.5 Å². The molecule has 0 unspecified atom stereocenters. The molecule has 0 spiro atoms. The molecule has 0 atom stereocenters. The largest absolute Gasteiger partial charge is 0.495 e. The van der Waals surface area contributed by atoms with E-state index >= 15 is 0 Å². The standard InChI is InChI=1S/C18H25N5O3/c1-11-15(12(2)22-21-11)8-9-23(4)18(25)20-16-10-14(19-13(3)24)6-7-17(16)26-5/h6-7,10H,8-9H2,1-5H3,(H,19,24)(H,20,25)(H,21,22). The lowest BCUT2D eigenvalue weighted by Crippen LogP contribution is -2.33. The molecule has 0 bridgehead atoms. The fourth-order valence-electron chi connectivity index (χ4n) is 2.62. The number of anilines is 2. The molecule has 0 fully saturated rings. The predicted octanol–water partition coefficient (Wildman–Crippen LogP) is 2.70. The minimum absolute atomic E-state index is 0.185. The number of H-pyrrole nitrogens is 1. The molecule has 0 saturated carbocycles. The molecule has 140 valence electrons. The van der Waals surface area contributed by atoms with Crippen molar-refractivity contribution in [2.24, 2.45) is 0 Å². The van der Waals surface area contributed by atoms with Gasteiger partial charge in [-0.1, -0.05) is 0 Å². The fraction of sp³-hybridized carbons (Fsp3) is 0.389. The van der Waals surface area contributed by atoms with Crippen LogP contribution in [0.4, 0.5) is 16.2 Å². The van der Waals surface area contributed by atoms with Gasteiger partial charge in [0.25, 0.3) is 0 Å². The van der Waals surface area contributed by atoms with Crippen molar-refractivity contribution < 1.29 is 14.3 Å². The van der Waals surface area contributed by atoms with Crippen molar-refractivity contribution in [2.75, 3.05) is 31.3 Å². The van der Waals surface area contributed by atoms with E-state index in [1.165, 1.54) is 14.0 Å². The average molecular weight is 359 g/mol. The van der Waals surface area contributed by atoms with Gasteiger partial charge in [-0.2, -0.15) is 5.10 Å². The molecule has 8 heteroatoms. The number of aromatic nitrogens is 2. The molecule has 26 heavy (non-hydrogen) atoms. The normalized spacial score (nSPS) is 10.3. The number of likely N-dealkylation sites (N-methyl/N-ethyl adjacent to an activating group) is 1. The fourth-order valence-corrected chi connectivity index (χ4v) is 2.62. The second-order valence-corrected chi connectivity index (χ2v) is 6.11. The van der Waals surface area contributed by atoms with Crippen molar-refractivity contribution in [1.29, 1.82) is 0 Å². The molecule has 3 amide bonds. The van der Waals surface area contributed by atoms with Crippen LogP contribution in [0.25, 0.3) is 0 Å². The number of benzene rings is 1. The second kappa shape index (κ2) is 8.37. The van der Waals surface area contributed by atoms with E-state index in [0.717, 1.165) is 17.0 Å². The van der Waals surface area contributed by atoms with Crippen LogP contribution in [0.2, 0.25) is 0 Å². The van der Waals surface area contributed by atoms with E-state index in [0.29, 0.717) is 30.1 Å². The van der Waals surface area contributed by atoms with Gasteiger partial charge in [0.2, 0.25) is 5.91 Å². The number of nitrogens with one attached hydrogen (secondary N) is 3. The number of carbonyl (C=O) groups excluding carboxylic acids is 2. The molecule has 8 nitrogen and oxygen atoms in total. The van der Waals surface area contributed by atoms with Gasteiger partial charge in [0, 0.05) is 31.9 Å². The first-order valence-electron chi connectivity index (χ1n) is 8.30. The lowest BCUT2D eigenvalue weighted by atomic mass is 10.1. The Kier molecular flexibility index (Phi) is 6.21. The minimum atomic E-state index is -0.262. The third-order valence-corrected chi connectivity index (χ3v) is 4.09. The zero-order valence-electron chi connectivity index (χ0n) is 15.8. The number of hydrogen-bond acceptors (Lipinski definition) is 4. The summed E-state index contributed by atoms with van der Waals surface area (Å²) in [4.78, 5) is 25.3. The first-order valence-corrected chi connectivity index (χ1v) is 8.30. The summed E-state index contributed by atoms with van der Waals surface area (Å²) in [5, 5.41) is 12.6. The van der Waals surface area contributed by atoms with E-state index in [-0.39, 0.29) is 11.9 Å². The van der Waals surface area contributed by atoms with E-state index in [9.17, 15) is 9.59 Å². The zero-order valence-corrected chi connectivity index (χ0v) is 15.8. The van der Waals surface area contributed by atoms with Crippen LogP contribution in [-0.4, -0.2) is 47.7 Å². The van der Waals surface area contributed by atoms with Crippen LogP contribution >= 0.6 is 0 Å². The first kappa shape index (κ1) is 19.3. The first-order chi connectivity index (χ1) is 12.3. The Bertz CT molecular complexity index is 781. The summed E-state index contributed by atoms with van der Waals surface area (Å²) in [5.41, 5.74) is 4.16. The topological polar surface area (TPSA) is 99.3 Å². The molecule has 0 radical (unpaired) electrons. The second-order valence-electron chi connectivity index (χ2n) is 6.11. The van der Waals surface area contributed by atoms with E-state index in [2.05, 4.69) is 20.8 Å². The molecular formula is C18H25N5O3. The van der Waals surface area contributed by atoms with Gasteiger partial charge in [0.15, 0.2) is 0 Å². The summed E-state index contributed by atoms with van der Waals surface area (Å²) in [5.74, 6) is 0.331. The number of hydrogen-bond donors (Lipinski definition) is 3. The summed E-state index contributed by atoms with van der Waals surface area (Å²) in [6.07, 6.45) is 0.709. The highest BCUT2D eigenvalue weighted by Crippen LogP contribution is 2.28. The summed E-state index contributed by atoms with van der Waals surface area (Å²) < 4.78 is 5.28. The lowest BCUT2D eigenvalue weighted by Gasteiger charge is -2.19. The van der Waals surface area contributed by atoms with Gasteiger partial charge in [-0.25, -0.2) is 4.79 Å². The molecule has 0 saturated heterocycles. The third kappa shape index (κ3) is 4.75. The van der Waals surface area contributed by atoms with Crippen molar-refractivity contribution in [1.82, 2.24) is 15.1 Å². The molecule has 0 aliphatic carbocycles. The summed E-state index contributed by atoms with van der Waals surface area (Å²) >= 11 is 0. The molecule has 2 aromatic rings. The average Bonchev–Trinajstić information content (AvgIpc) is 2.90. The number of methoxy groups -OCH3 is 1. The van der Waals surface area contributed by atoms with Gasteiger partial charge >= 0.3 is 6.03 Å². The van der Waals surface area contributed by atoms with Gasteiger partial charge in [0.1, 0.15) is 5.75 Å². The molecule has 3 N–H and O–H groups in total. The maximum absolute atomic E-state index is 12.5.